The second-order valence-electron chi connectivity index (χ2n) is 9.23. The van der Waals surface area contributed by atoms with E-state index in [1.54, 1.807) is 7.05 Å². The van der Waals surface area contributed by atoms with Crippen molar-refractivity contribution in [2.75, 3.05) is 20.2 Å². The second-order valence-corrected chi connectivity index (χ2v) is 9.23. The first-order chi connectivity index (χ1) is 15.0. The van der Waals surface area contributed by atoms with E-state index in [9.17, 15) is 20.4 Å². The lowest BCUT2D eigenvalue weighted by atomic mass is 9.81. The van der Waals surface area contributed by atoms with Crippen molar-refractivity contribution >= 4 is 0 Å². The molecule has 2 saturated heterocycles. The summed E-state index contributed by atoms with van der Waals surface area (Å²) in [6, 6.07) is -3.37. The van der Waals surface area contributed by atoms with E-state index in [4.69, 9.17) is 41.9 Å². The van der Waals surface area contributed by atoms with Crippen molar-refractivity contribution in [2.45, 2.75) is 98.7 Å². The highest BCUT2D eigenvalue weighted by Gasteiger charge is 2.53. The van der Waals surface area contributed by atoms with Gasteiger partial charge in [-0.25, -0.2) is 0 Å². The van der Waals surface area contributed by atoms with Crippen molar-refractivity contribution in [1.29, 1.82) is 0 Å². The average molecular weight is 466 g/mol. The molecule has 0 aromatic carbocycles. The molecular formula is C19H39N5O8. The van der Waals surface area contributed by atoms with Gasteiger partial charge in [0, 0.05) is 6.54 Å². The third-order valence-electron chi connectivity index (χ3n) is 6.71. The zero-order chi connectivity index (χ0) is 23.8. The monoisotopic (exact) mass is 465 g/mol. The fraction of sp³-hybridized carbons (Fsp3) is 1.00. The van der Waals surface area contributed by atoms with Crippen LogP contribution in [-0.4, -0.2) is 120 Å². The fourth-order valence-corrected chi connectivity index (χ4v) is 4.68. The summed E-state index contributed by atoms with van der Waals surface area (Å²) in [5.74, 6) is 0. The molecule has 2 heterocycles. The zero-order valence-corrected chi connectivity index (χ0v) is 18.5. The highest BCUT2D eigenvalue weighted by atomic mass is 16.7. The Labute approximate surface area is 187 Å². The van der Waals surface area contributed by atoms with Gasteiger partial charge in [-0.3, -0.25) is 0 Å². The maximum absolute atomic E-state index is 11.0. The summed E-state index contributed by atoms with van der Waals surface area (Å²) in [4.78, 5) is 0. The Morgan fingerprint density at radius 1 is 0.969 bits per heavy atom. The molecule has 3 rings (SSSR count). The third-order valence-corrected chi connectivity index (χ3v) is 6.71. The molecule has 1 saturated carbocycles. The molecular weight excluding hydrogens is 426 g/mol. The van der Waals surface area contributed by atoms with E-state index in [-0.39, 0.29) is 12.7 Å². The molecule has 2 aliphatic heterocycles. The molecule has 0 aromatic heterocycles. The molecule has 0 aromatic rings. The number of hydrogen-bond acceptors (Lipinski definition) is 13. The number of nitrogens with two attached hydrogens (primary N) is 4. The number of aliphatic hydroxyl groups excluding tert-OH is 3. The quantitative estimate of drug-likeness (QED) is 0.179. The van der Waals surface area contributed by atoms with Crippen molar-refractivity contribution < 1.29 is 39.4 Å². The van der Waals surface area contributed by atoms with E-state index in [1.165, 1.54) is 6.92 Å². The summed E-state index contributed by atoms with van der Waals surface area (Å²) in [7, 11) is 1.58. The largest absolute Gasteiger partial charge is 0.390 e. The van der Waals surface area contributed by atoms with Crippen molar-refractivity contribution in [1.82, 2.24) is 5.32 Å². The predicted molar refractivity (Wildman–Crippen MR) is 112 cm³/mol. The van der Waals surface area contributed by atoms with Crippen molar-refractivity contribution in [3.05, 3.63) is 0 Å². The van der Waals surface area contributed by atoms with Crippen molar-refractivity contribution in [2.24, 2.45) is 22.9 Å². The number of ether oxygens (including phenoxy) is 4. The lowest BCUT2D eigenvalue weighted by molar-refractivity contribution is -0.312. The zero-order valence-electron chi connectivity index (χ0n) is 18.5. The van der Waals surface area contributed by atoms with Gasteiger partial charge in [-0.1, -0.05) is 0 Å². The Kier molecular flexibility index (Phi) is 8.48. The Bertz CT molecular complexity index is 618. The van der Waals surface area contributed by atoms with Gasteiger partial charge in [-0.2, -0.15) is 0 Å². The summed E-state index contributed by atoms with van der Waals surface area (Å²) >= 11 is 0. The van der Waals surface area contributed by atoms with E-state index in [1.807, 2.05) is 0 Å². The SMILES string of the molecule is CN[C@@H]1C(O)[C@@H](O[C@@H]2C(O)C(O[C@H]3O[C@H](CN)CCC3N)[C@@H](N)[C@@H](O)C2N)OC[C@]1(C)O. The Hall–Kier alpha value is -0.520. The number of aliphatic hydroxyl groups is 4. The predicted octanol–water partition coefficient (Wildman–Crippen LogP) is -5.01. The molecule has 188 valence electrons. The van der Waals surface area contributed by atoms with Crippen LogP contribution in [-0.2, 0) is 18.9 Å². The number of likely N-dealkylation sites (N-methyl/N-ethyl adjacent to an activating group) is 1. The van der Waals surface area contributed by atoms with Crippen molar-refractivity contribution in [3.63, 3.8) is 0 Å². The number of nitrogens with one attached hydrogen (secondary N) is 1. The minimum Gasteiger partial charge on any atom is -0.390 e. The van der Waals surface area contributed by atoms with Crippen LogP contribution in [0.4, 0.5) is 0 Å². The molecule has 0 amide bonds. The molecule has 5 unspecified atom stereocenters. The second kappa shape index (κ2) is 10.4. The third kappa shape index (κ3) is 5.10. The molecule has 1 aliphatic carbocycles. The molecule has 32 heavy (non-hydrogen) atoms. The van der Waals surface area contributed by atoms with Gasteiger partial charge in [0.2, 0.25) is 0 Å². The first-order valence-corrected chi connectivity index (χ1v) is 11.0. The van der Waals surface area contributed by atoms with E-state index in [0.717, 1.165) is 0 Å². The summed E-state index contributed by atoms with van der Waals surface area (Å²) in [5.41, 5.74) is 22.7. The fourth-order valence-electron chi connectivity index (χ4n) is 4.68. The molecule has 13 atom stereocenters. The highest BCUT2D eigenvalue weighted by molar-refractivity contribution is 5.06. The lowest BCUT2D eigenvalue weighted by Gasteiger charge is -2.49. The smallest absolute Gasteiger partial charge is 0.185 e. The van der Waals surface area contributed by atoms with Crippen LogP contribution in [0, 0.1) is 0 Å². The molecule has 13 nitrogen and oxygen atoms in total. The minimum atomic E-state index is -1.39. The van der Waals surface area contributed by atoms with Gasteiger partial charge in [0.1, 0.15) is 30.0 Å². The average Bonchev–Trinajstić information content (AvgIpc) is 2.75. The van der Waals surface area contributed by atoms with Gasteiger partial charge in [0.05, 0.1) is 43.0 Å². The van der Waals surface area contributed by atoms with Crippen LogP contribution in [0.1, 0.15) is 19.8 Å². The first kappa shape index (κ1) is 26.1. The Morgan fingerprint density at radius 2 is 1.56 bits per heavy atom. The van der Waals surface area contributed by atoms with Crippen LogP contribution < -0.4 is 28.3 Å². The van der Waals surface area contributed by atoms with Crippen LogP contribution in [0.15, 0.2) is 0 Å². The minimum absolute atomic E-state index is 0.133. The molecule has 13 heteroatoms. The normalized spacial score (nSPS) is 52.7. The van der Waals surface area contributed by atoms with E-state index >= 15 is 0 Å². The molecule has 13 N–H and O–H groups in total. The van der Waals surface area contributed by atoms with Gasteiger partial charge >= 0.3 is 0 Å². The summed E-state index contributed by atoms with van der Waals surface area (Å²) in [5, 5.41) is 45.5. The van der Waals surface area contributed by atoms with Crippen LogP contribution in [0.3, 0.4) is 0 Å². The van der Waals surface area contributed by atoms with Gasteiger partial charge in [-0.05, 0) is 26.8 Å². The lowest BCUT2D eigenvalue weighted by Crippen LogP contribution is -2.72. The topological polar surface area (TPSA) is 234 Å². The van der Waals surface area contributed by atoms with E-state index < -0.39 is 72.9 Å². The van der Waals surface area contributed by atoms with E-state index in [2.05, 4.69) is 5.32 Å². The molecule has 0 spiro atoms. The van der Waals surface area contributed by atoms with Gasteiger partial charge in [0.15, 0.2) is 12.6 Å². The van der Waals surface area contributed by atoms with Crippen LogP contribution in [0.5, 0.6) is 0 Å². The maximum atomic E-state index is 11.0. The standard InChI is InChI=1S/C19H39N5O8/c1-19(28)6-29-18(13(27)16(19)24-2)32-15-10(23)11(25)9(22)14(12(15)26)31-17-8(21)4-3-7(5-20)30-17/h7-18,24-28H,3-6,20-23H2,1-2H3/t7-,8?,9-,10?,11+,12?,13?,14?,15-,16+,17+,18+,19-/m0/s1. The summed E-state index contributed by atoms with van der Waals surface area (Å²) in [6.45, 7) is 1.67. The highest BCUT2D eigenvalue weighted by Crippen LogP contribution is 2.31. The van der Waals surface area contributed by atoms with Gasteiger partial charge in [0.25, 0.3) is 0 Å². The maximum Gasteiger partial charge on any atom is 0.185 e. The van der Waals surface area contributed by atoms with Crippen molar-refractivity contribution in [3.8, 4) is 0 Å². The van der Waals surface area contributed by atoms with Gasteiger partial charge in [-0.15, -0.1) is 0 Å². The van der Waals surface area contributed by atoms with E-state index in [0.29, 0.717) is 19.4 Å². The van der Waals surface area contributed by atoms with Gasteiger partial charge < -0.3 is 67.6 Å². The molecule has 3 aliphatic rings. The first-order valence-electron chi connectivity index (χ1n) is 11.0. The number of hydrogen-bond donors (Lipinski definition) is 9. The summed E-state index contributed by atoms with van der Waals surface area (Å²) in [6.07, 6.45) is -7.33. The molecule has 0 radical (unpaired) electrons. The van der Waals surface area contributed by atoms with Crippen LogP contribution in [0.2, 0.25) is 0 Å². The molecule has 3 fully saturated rings. The summed E-state index contributed by atoms with van der Waals surface area (Å²) < 4.78 is 23.0. The Morgan fingerprint density at radius 3 is 2.12 bits per heavy atom. The Balaban J connectivity index is 1.73. The number of rotatable bonds is 6. The van der Waals surface area contributed by atoms with Crippen LogP contribution in [0.25, 0.3) is 0 Å². The van der Waals surface area contributed by atoms with Crippen LogP contribution >= 0.6 is 0 Å². The molecule has 0 bridgehead atoms.